The lowest BCUT2D eigenvalue weighted by molar-refractivity contribution is -0.140. The van der Waals surface area contributed by atoms with E-state index in [0.717, 1.165) is 22.6 Å². The number of fused-ring (bicyclic) bond motifs is 5. The lowest BCUT2D eigenvalue weighted by Crippen LogP contribution is -2.28. The largest absolute Gasteiger partial charge is 0.272 e. The third kappa shape index (κ3) is 1.78. The number of nitrogens with zero attached hydrogens (tertiary/aromatic N) is 2. The Morgan fingerprint density at radius 2 is 1.62 bits per heavy atom. The number of hydrogen-bond acceptors (Lipinski definition) is 3. The third-order valence-electron chi connectivity index (χ3n) is 4.85. The Balaban J connectivity index is 1.58. The molecule has 0 radical (unpaired) electrons. The molecule has 1 saturated heterocycles. The Labute approximate surface area is 123 Å². The van der Waals surface area contributed by atoms with Crippen molar-refractivity contribution in [3.05, 3.63) is 47.5 Å². The number of allylic oxidation sites excluding steroid dienone is 2. The summed E-state index contributed by atoms with van der Waals surface area (Å²) in [6, 6.07) is 7.81. The average Bonchev–Trinajstić information content (AvgIpc) is 3.14. The van der Waals surface area contributed by atoms with Gasteiger partial charge in [0.1, 0.15) is 0 Å². The van der Waals surface area contributed by atoms with E-state index in [0.29, 0.717) is 0 Å². The highest BCUT2D eigenvalue weighted by atomic mass is 16.2. The summed E-state index contributed by atoms with van der Waals surface area (Å²) >= 11 is 0. The summed E-state index contributed by atoms with van der Waals surface area (Å²) in [6.45, 7) is 2.01. The van der Waals surface area contributed by atoms with E-state index in [1.807, 2.05) is 31.2 Å². The molecule has 21 heavy (non-hydrogen) atoms. The Hall–Kier alpha value is -2.23. The van der Waals surface area contributed by atoms with Gasteiger partial charge in [-0.25, -0.2) is 0 Å². The number of carbonyl (C=O) groups is 2. The SMILES string of the molecule is Cc1ccc(/C=N\N2C(=O)[C@@H]3[C@H](C2=O)[C@@H]2C=C[C@@H]3C2)cc1. The normalized spacial score (nSPS) is 33.5. The van der Waals surface area contributed by atoms with Crippen molar-refractivity contribution in [1.29, 1.82) is 0 Å². The van der Waals surface area contributed by atoms with Crippen molar-refractivity contribution in [2.24, 2.45) is 28.8 Å². The molecule has 106 valence electrons. The van der Waals surface area contributed by atoms with E-state index >= 15 is 0 Å². The van der Waals surface area contributed by atoms with Gasteiger partial charge < -0.3 is 0 Å². The Morgan fingerprint density at radius 3 is 2.19 bits per heavy atom. The first-order chi connectivity index (χ1) is 10.1. The van der Waals surface area contributed by atoms with E-state index in [1.54, 1.807) is 6.21 Å². The molecular weight excluding hydrogens is 264 g/mol. The number of carbonyl (C=O) groups excluding carboxylic acids is 2. The van der Waals surface area contributed by atoms with Crippen LogP contribution in [0.25, 0.3) is 0 Å². The van der Waals surface area contributed by atoms with Crippen molar-refractivity contribution < 1.29 is 9.59 Å². The van der Waals surface area contributed by atoms with Crippen LogP contribution in [0.15, 0.2) is 41.5 Å². The molecule has 4 atom stereocenters. The summed E-state index contributed by atoms with van der Waals surface area (Å²) in [4.78, 5) is 24.8. The first kappa shape index (κ1) is 12.5. The average molecular weight is 280 g/mol. The summed E-state index contributed by atoms with van der Waals surface area (Å²) in [6.07, 6.45) is 6.71. The molecule has 0 spiro atoms. The van der Waals surface area contributed by atoms with Gasteiger partial charge in [-0.2, -0.15) is 10.1 Å². The number of hydrazone groups is 1. The van der Waals surface area contributed by atoms with Crippen molar-refractivity contribution in [3.8, 4) is 0 Å². The lowest BCUT2D eigenvalue weighted by atomic mass is 9.85. The van der Waals surface area contributed by atoms with E-state index in [1.165, 1.54) is 0 Å². The third-order valence-corrected chi connectivity index (χ3v) is 4.85. The summed E-state index contributed by atoms with van der Waals surface area (Å²) < 4.78 is 0. The quantitative estimate of drug-likeness (QED) is 0.473. The second kappa shape index (κ2) is 4.38. The van der Waals surface area contributed by atoms with Gasteiger partial charge >= 0.3 is 0 Å². The van der Waals surface area contributed by atoms with E-state index < -0.39 is 0 Å². The summed E-state index contributed by atoms with van der Waals surface area (Å²) in [7, 11) is 0. The van der Waals surface area contributed by atoms with Crippen LogP contribution in [0.5, 0.6) is 0 Å². The van der Waals surface area contributed by atoms with Gasteiger partial charge in [-0.15, -0.1) is 0 Å². The number of benzene rings is 1. The van der Waals surface area contributed by atoms with Crippen LogP contribution in [-0.2, 0) is 9.59 Å². The molecule has 2 amide bonds. The van der Waals surface area contributed by atoms with Gasteiger partial charge in [0.05, 0.1) is 18.1 Å². The van der Waals surface area contributed by atoms with Crippen LogP contribution in [0.3, 0.4) is 0 Å². The summed E-state index contributed by atoms with van der Waals surface area (Å²) in [5, 5.41) is 5.23. The van der Waals surface area contributed by atoms with Crippen LogP contribution >= 0.6 is 0 Å². The molecule has 2 aliphatic carbocycles. The van der Waals surface area contributed by atoms with Crippen molar-refractivity contribution >= 4 is 18.0 Å². The van der Waals surface area contributed by atoms with Crippen LogP contribution < -0.4 is 0 Å². The van der Waals surface area contributed by atoms with Crippen molar-refractivity contribution in [3.63, 3.8) is 0 Å². The highest BCUT2D eigenvalue weighted by Crippen LogP contribution is 2.52. The molecule has 3 aliphatic rings. The second-order valence-corrected chi connectivity index (χ2v) is 6.14. The van der Waals surface area contributed by atoms with Crippen LogP contribution in [-0.4, -0.2) is 23.0 Å². The Kier molecular flexibility index (Phi) is 2.61. The number of hydrogen-bond donors (Lipinski definition) is 0. The maximum Gasteiger partial charge on any atom is 0.254 e. The van der Waals surface area contributed by atoms with Gasteiger partial charge in [-0.3, -0.25) is 9.59 Å². The van der Waals surface area contributed by atoms with Gasteiger partial charge in [0.25, 0.3) is 11.8 Å². The predicted octanol–water partition coefficient (Wildman–Crippen LogP) is 2.14. The fourth-order valence-corrected chi connectivity index (χ4v) is 3.78. The first-order valence-corrected chi connectivity index (χ1v) is 7.32. The van der Waals surface area contributed by atoms with E-state index in [-0.39, 0.29) is 35.5 Å². The van der Waals surface area contributed by atoms with Gasteiger partial charge in [-0.05, 0) is 30.7 Å². The number of amides is 2. The van der Waals surface area contributed by atoms with E-state index in [2.05, 4.69) is 17.3 Å². The minimum atomic E-state index is -0.178. The fourth-order valence-electron chi connectivity index (χ4n) is 3.78. The molecule has 1 aliphatic heterocycles. The molecule has 1 aromatic rings. The minimum absolute atomic E-state index is 0.134. The topological polar surface area (TPSA) is 49.7 Å². The zero-order valence-corrected chi connectivity index (χ0v) is 11.8. The molecule has 0 unspecified atom stereocenters. The number of aryl methyl sites for hydroxylation is 1. The molecule has 1 saturated carbocycles. The number of imide groups is 1. The zero-order valence-electron chi connectivity index (χ0n) is 11.8. The molecule has 4 heteroatoms. The molecule has 0 aromatic heterocycles. The summed E-state index contributed by atoms with van der Waals surface area (Å²) in [5.41, 5.74) is 2.05. The Bertz CT molecular complexity index is 645. The highest BCUT2D eigenvalue weighted by Gasteiger charge is 2.59. The molecule has 4 rings (SSSR count). The van der Waals surface area contributed by atoms with Crippen molar-refractivity contribution in [1.82, 2.24) is 5.01 Å². The van der Waals surface area contributed by atoms with Gasteiger partial charge in [0.2, 0.25) is 0 Å². The smallest absolute Gasteiger partial charge is 0.254 e. The van der Waals surface area contributed by atoms with Crippen LogP contribution in [0.2, 0.25) is 0 Å². The zero-order chi connectivity index (χ0) is 14.6. The standard InChI is InChI=1S/C17H16N2O2/c1-10-2-4-11(5-3-10)9-18-19-16(20)14-12-6-7-13(8-12)15(14)17(19)21/h2-7,9,12-15H,8H2,1H3/b18-9-/t12-,13-,14-,15+/m1/s1. The molecule has 1 heterocycles. The van der Waals surface area contributed by atoms with Gasteiger partial charge in [0, 0.05) is 0 Å². The minimum Gasteiger partial charge on any atom is -0.272 e. The highest BCUT2D eigenvalue weighted by molar-refractivity contribution is 6.06. The summed E-state index contributed by atoms with van der Waals surface area (Å²) in [5.74, 6) is -0.159. The molecule has 0 N–H and O–H groups in total. The molecule has 1 aromatic carbocycles. The fraction of sp³-hybridized carbons (Fsp3) is 0.353. The van der Waals surface area contributed by atoms with Crippen LogP contribution in [0.4, 0.5) is 0 Å². The number of rotatable bonds is 2. The molecule has 2 fully saturated rings. The van der Waals surface area contributed by atoms with Crippen LogP contribution in [0, 0.1) is 30.6 Å². The van der Waals surface area contributed by atoms with Gasteiger partial charge in [-0.1, -0.05) is 42.0 Å². The molecular formula is C17H16N2O2. The Morgan fingerprint density at radius 1 is 1.05 bits per heavy atom. The van der Waals surface area contributed by atoms with Gasteiger partial charge in [0.15, 0.2) is 0 Å². The predicted molar refractivity (Wildman–Crippen MR) is 78.3 cm³/mol. The van der Waals surface area contributed by atoms with Crippen molar-refractivity contribution in [2.75, 3.05) is 0 Å². The van der Waals surface area contributed by atoms with E-state index in [9.17, 15) is 9.59 Å². The van der Waals surface area contributed by atoms with Crippen molar-refractivity contribution in [2.45, 2.75) is 13.3 Å². The maximum atomic E-state index is 12.4. The molecule has 4 nitrogen and oxygen atoms in total. The maximum absolute atomic E-state index is 12.4. The molecule has 2 bridgehead atoms. The van der Waals surface area contributed by atoms with E-state index in [4.69, 9.17) is 0 Å². The second-order valence-electron chi connectivity index (χ2n) is 6.14. The first-order valence-electron chi connectivity index (χ1n) is 7.32. The monoisotopic (exact) mass is 280 g/mol. The lowest BCUT2D eigenvalue weighted by Gasteiger charge is -2.13. The van der Waals surface area contributed by atoms with Crippen LogP contribution in [0.1, 0.15) is 17.5 Å².